The second kappa shape index (κ2) is 4.49. The Kier molecular flexibility index (Phi) is 3.57. The standard InChI is InChI=1S/C16H31NO/c1-6-17(7-2)11-10-16-9-8-13(14(16,3)4)12-15(16,5)18/h13,18H,6-12H2,1-5H3/t13-,15+,16-/m1/s1. The third kappa shape index (κ3) is 1.76. The molecular weight excluding hydrogens is 222 g/mol. The summed E-state index contributed by atoms with van der Waals surface area (Å²) in [6.45, 7) is 14.7. The summed E-state index contributed by atoms with van der Waals surface area (Å²) >= 11 is 0. The molecule has 1 N–H and O–H groups in total. The third-order valence-corrected chi connectivity index (χ3v) is 6.60. The van der Waals surface area contributed by atoms with Crippen LogP contribution in [0.15, 0.2) is 0 Å². The summed E-state index contributed by atoms with van der Waals surface area (Å²) in [6, 6.07) is 0. The normalized spacial score (nSPS) is 41.8. The van der Waals surface area contributed by atoms with Crippen LogP contribution in [-0.4, -0.2) is 35.2 Å². The van der Waals surface area contributed by atoms with Crippen molar-refractivity contribution in [3.05, 3.63) is 0 Å². The Hall–Kier alpha value is -0.0800. The molecule has 0 amide bonds. The zero-order valence-corrected chi connectivity index (χ0v) is 12.9. The Balaban J connectivity index is 2.17. The van der Waals surface area contributed by atoms with Crippen LogP contribution in [0.25, 0.3) is 0 Å². The minimum absolute atomic E-state index is 0.146. The van der Waals surface area contributed by atoms with E-state index in [4.69, 9.17) is 0 Å². The molecule has 2 heteroatoms. The molecule has 0 radical (unpaired) electrons. The minimum atomic E-state index is -0.452. The lowest BCUT2D eigenvalue weighted by atomic mass is 9.61. The molecule has 2 nitrogen and oxygen atoms in total. The van der Waals surface area contributed by atoms with Crippen molar-refractivity contribution in [1.82, 2.24) is 4.90 Å². The SMILES string of the molecule is CCN(CC)CC[C@@]12CC[C@H](C[C@]1(C)O)C2(C)C. The van der Waals surface area contributed by atoms with E-state index in [1.165, 1.54) is 12.8 Å². The van der Waals surface area contributed by atoms with Gasteiger partial charge in [-0.15, -0.1) is 0 Å². The average Bonchev–Trinajstić information content (AvgIpc) is 2.61. The van der Waals surface area contributed by atoms with Gasteiger partial charge in [-0.2, -0.15) is 0 Å². The highest BCUT2D eigenvalue weighted by atomic mass is 16.3. The number of aliphatic hydroxyl groups is 1. The van der Waals surface area contributed by atoms with Crippen LogP contribution < -0.4 is 0 Å². The molecule has 106 valence electrons. The zero-order chi connectivity index (χ0) is 13.6. The van der Waals surface area contributed by atoms with E-state index in [9.17, 15) is 5.11 Å². The lowest BCUT2D eigenvalue weighted by Crippen LogP contribution is -2.49. The number of fused-ring (bicyclic) bond motifs is 2. The second-order valence-corrected chi connectivity index (χ2v) is 7.29. The van der Waals surface area contributed by atoms with Gasteiger partial charge in [0.2, 0.25) is 0 Å². The first-order valence-corrected chi connectivity index (χ1v) is 7.75. The molecule has 0 heterocycles. The molecule has 0 spiro atoms. The summed E-state index contributed by atoms with van der Waals surface area (Å²) in [5.74, 6) is 0.726. The lowest BCUT2D eigenvalue weighted by molar-refractivity contribution is -0.0946. The maximum Gasteiger partial charge on any atom is 0.0684 e. The van der Waals surface area contributed by atoms with Gasteiger partial charge in [-0.25, -0.2) is 0 Å². The van der Waals surface area contributed by atoms with E-state index in [1.54, 1.807) is 0 Å². The maximum absolute atomic E-state index is 10.9. The van der Waals surface area contributed by atoms with Crippen LogP contribution in [0.3, 0.4) is 0 Å². The summed E-state index contributed by atoms with van der Waals surface area (Å²) < 4.78 is 0. The molecule has 2 fully saturated rings. The third-order valence-electron chi connectivity index (χ3n) is 6.60. The van der Waals surface area contributed by atoms with Gasteiger partial charge in [-0.3, -0.25) is 0 Å². The monoisotopic (exact) mass is 253 g/mol. The molecule has 0 aromatic heterocycles. The van der Waals surface area contributed by atoms with E-state index in [1.807, 2.05) is 0 Å². The van der Waals surface area contributed by atoms with Crippen LogP contribution in [0.2, 0.25) is 0 Å². The molecule has 0 aliphatic heterocycles. The maximum atomic E-state index is 10.9. The van der Waals surface area contributed by atoms with Gasteiger partial charge >= 0.3 is 0 Å². The van der Waals surface area contributed by atoms with Crippen LogP contribution in [0.4, 0.5) is 0 Å². The Bertz CT molecular complexity index is 306. The first kappa shape index (κ1) is 14.3. The molecule has 0 unspecified atom stereocenters. The lowest BCUT2D eigenvalue weighted by Gasteiger charge is -2.47. The summed E-state index contributed by atoms with van der Waals surface area (Å²) in [4.78, 5) is 2.49. The zero-order valence-electron chi connectivity index (χ0n) is 12.9. The van der Waals surface area contributed by atoms with Crippen molar-refractivity contribution in [2.24, 2.45) is 16.7 Å². The van der Waals surface area contributed by atoms with E-state index < -0.39 is 5.60 Å². The van der Waals surface area contributed by atoms with Gasteiger partial charge in [0.05, 0.1) is 5.60 Å². The highest BCUT2D eigenvalue weighted by molar-refractivity contribution is 5.18. The van der Waals surface area contributed by atoms with Crippen molar-refractivity contribution in [3.63, 3.8) is 0 Å². The Labute approximate surface area is 113 Å². The molecule has 2 rings (SSSR count). The van der Waals surface area contributed by atoms with Gasteiger partial charge in [-0.05, 0) is 63.6 Å². The quantitative estimate of drug-likeness (QED) is 0.812. The van der Waals surface area contributed by atoms with Crippen LogP contribution in [0.1, 0.15) is 60.3 Å². The molecule has 18 heavy (non-hydrogen) atoms. The van der Waals surface area contributed by atoms with Gasteiger partial charge in [-0.1, -0.05) is 27.7 Å². The second-order valence-electron chi connectivity index (χ2n) is 7.29. The van der Waals surface area contributed by atoms with Crippen LogP contribution >= 0.6 is 0 Å². The molecule has 0 aromatic carbocycles. The van der Waals surface area contributed by atoms with Gasteiger partial charge in [0, 0.05) is 5.41 Å². The van der Waals surface area contributed by atoms with Crippen molar-refractivity contribution in [2.45, 2.75) is 65.9 Å². The molecule has 2 bridgehead atoms. The van der Waals surface area contributed by atoms with Gasteiger partial charge in [0.25, 0.3) is 0 Å². The van der Waals surface area contributed by atoms with Gasteiger partial charge in [0.15, 0.2) is 0 Å². The average molecular weight is 253 g/mol. The fourth-order valence-electron chi connectivity index (χ4n) is 5.10. The van der Waals surface area contributed by atoms with Crippen molar-refractivity contribution >= 4 is 0 Å². The number of rotatable bonds is 5. The van der Waals surface area contributed by atoms with E-state index in [0.717, 1.165) is 38.4 Å². The Morgan fingerprint density at radius 3 is 2.17 bits per heavy atom. The van der Waals surface area contributed by atoms with E-state index in [-0.39, 0.29) is 5.41 Å². The summed E-state index contributed by atoms with van der Waals surface area (Å²) in [7, 11) is 0. The highest BCUT2D eigenvalue weighted by Gasteiger charge is 2.68. The first-order chi connectivity index (χ1) is 8.30. The first-order valence-electron chi connectivity index (χ1n) is 7.75. The Morgan fingerprint density at radius 2 is 1.78 bits per heavy atom. The number of nitrogens with zero attached hydrogens (tertiary/aromatic N) is 1. The smallest absolute Gasteiger partial charge is 0.0684 e. The van der Waals surface area contributed by atoms with Crippen molar-refractivity contribution in [2.75, 3.05) is 19.6 Å². The van der Waals surface area contributed by atoms with Gasteiger partial charge < -0.3 is 10.0 Å². The Morgan fingerprint density at radius 1 is 1.17 bits per heavy atom. The van der Waals surface area contributed by atoms with Crippen molar-refractivity contribution < 1.29 is 5.11 Å². The molecule has 2 aliphatic rings. The topological polar surface area (TPSA) is 23.5 Å². The van der Waals surface area contributed by atoms with E-state index in [2.05, 4.69) is 39.5 Å². The predicted octanol–water partition coefficient (Wildman–Crippen LogP) is 3.30. The largest absolute Gasteiger partial charge is 0.390 e. The van der Waals surface area contributed by atoms with Crippen molar-refractivity contribution in [3.8, 4) is 0 Å². The van der Waals surface area contributed by atoms with E-state index >= 15 is 0 Å². The minimum Gasteiger partial charge on any atom is -0.390 e. The molecule has 0 aromatic rings. The number of hydrogen-bond donors (Lipinski definition) is 1. The summed E-state index contributed by atoms with van der Waals surface area (Å²) in [5, 5.41) is 10.9. The van der Waals surface area contributed by atoms with Crippen LogP contribution in [-0.2, 0) is 0 Å². The van der Waals surface area contributed by atoms with E-state index in [0.29, 0.717) is 5.41 Å². The van der Waals surface area contributed by atoms with Crippen LogP contribution in [0.5, 0.6) is 0 Å². The molecule has 0 saturated heterocycles. The highest BCUT2D eigenvalue weighted by Crippen LogP contribution is 2.71. The van der Waals surface area contributed by atoms with Crippen molar-refractivity contribution in [1.29, 1.82) is 0 Å². The molecule has 3 atom stereocenters. The van der Waals surface area contributed by atoms with Crippen LogP contribution in [0, 0.1) is 16.7 Å². The number of hydrogen-bond acceptors (Lipinski definition) is 2. The fourth-order valence-corrected chi connectivity index (χ4v) is 5.10. The summed E-state index contributed by atoms with van der Waals surface area (Å²) in [5.41, 5.74) is 0.00345. The summed E-state index contributed by atoms with van der Waals surface area (Å²) in [6.07, 6.45) is 4.71. The molecule has 2 aliphatic carbocycles. The molecule has 2 saturated carbocycles. The fraction of sp³-hybridized carbons (Fsp3) is 1.00. The molecular formula is C16H31NO. The van der Waals surface area contributed by atoms with Gasteiger partial charge in [0.1, 0.15) is 0 Å². The predicted molar refractivity (Wildman–Crippen MR) is 76.6 cm³/mol.